The molecular weight excluding hydrogens is 244 g/mol. The van der Waals surface area contributed by atoms with E-state index in [0.717, 1.165) is 5.56 Å². The van der Waals surface area contributed by atoms with E-state index in [0.29, 0.717) is 24.5 Å². The molecule has 0 radical (unpaired) electrons. The van der Waals surface area contributed by atoms with Crippen molar-refractivity contribution in [2.24, 2.45) is 5.73 Å². The van der Waals surface area contributed by atoms with Crippen LogP contribution in [0.3, 0.4) is 0 Å². The molecule has 1 aromatic heterocycles. The topological polar surface area (TPSA) is 78.4 Å². The maximum absolute atomic E-state index is 11.5. The van der Waals surface area contributed by atoms with Gasteiger partial charge in [0.15, 0.2) is 12.2 Å². The molecule has 2 N–H and O–H groups in total. The van der Waals surface area contributed by atoms with Gasteiger partial charge in [-0.2, -0.15) is 0 Å². The molecule has 0 spiro atoms. The fourth-order valence-corrected chi connectivity index (χ4v) is 1.78. The lowest BCUT2D eigenvalue weighted by Gasteiger charge is -2.09. The number of aromatic nitrogens is 1. The maximum Gasteiger partial charge on any atom is 0.323 e. The number of benzene rings is 1. The largest absolute Gasteiger partial charge is 0.465 e. The second-order valence-electron chi connectivity index (χ2n) is 4.06. The van der Waals surface area contributed by atoms with Crippen LogP contribution in [0.25, 0.3) is 11.3 Å². The van der Waals surface area contributed by atoms with Gasteiger partial charge in [-0.15, -0.1) is 0 Å². The maximum atomic E-state index is 11.5. The molecule has 2 aromatic rings. The Labute approximate surface area is 111 Å². The van der Waals surface area contributed by atoms with Gasteiger partial charge in [0, 0.05) is 12.0 Å². The summed E-state index contributed by atoms with van der Waals surface area (Å²) in [7, 11) is 0. The SMILES string of the molecule is CCOC(=O)C(N)Cc1ncoc1-c1ccccc1. The predicted octanol–water partition coefficient (Wildman–Crippen LogP) is 1.77. The van der Waals surface area contributed by atoms with Crippen molar-refractivity contribution in [3.05, 3.63) is 42.4 Å². The van der Waals surface area contributed by atoms with Gasteiger partial charge in [-0.3, -0.25) is 4.79 Å². The fourth-order valence-electron chi connectivity index (χ4n) is 1.78. The molecule has 1 heterocycles. The minimum atomic E-state index is -0.729. The molecule has 5 heteroatoms. The Morgan fingerprint density at radius 1 is 1.42 bits per heavy atom. The third-order valence-corrected chi connectivity index (χ3v) is 2.68. The van der Waals surface area contributed by atoms with Crippen LogP contribution in [0, 0.1) is 0 Å². The zero-order valence-electron chi connectivity index (χ0n) is 10.7. The Balaban J connectivity index is 2.15. The van der Waals surface area contributed by atoms with Gasteiger partial charge >= 0.3 is 5.97 Å². The lowest BCUT2D eigenvalue weighted by atomic mass is 10.1. The number of hydrogen-bond acceptors (Lipinski definition) is 5. The van der Waals surface area contributed by atoms with Crippen LogP contribution in [0.4, 0.5) is 0 Å². The molecule has 2 rings (SSSR count). The Hall–Kier alpha value is -2.14. The minimum absolute atomic E-state index is 0.291. The van der Waals surface area contributed by atoms with E-state index >= 15 is 0 Å². The molecule has 1 atom stereocenters. The van der Waals surface area contributed by atoms with Gasteiger partial charge in [-0.05, 0) is 6.92 Å². The van der Waals surface area contributed by atoms with Crippen LogP contribution in [-0.4, -0.2) is 23.6 Å². The number of carbonyl (C=O) groups is 1. The van der Waals surface area contributed by atoms with Crippen LogP contribution in [0.5, 0.6) is 0 Å². The highest BCUT2D eigenvalue weighted by Gasteiger charge is 2.20. The van der Waals surface area contributed by atoms with E-state index in [2.05, 4.69) is 4.98 Å². The summed E-state index contributed by atoms with van der Waals surface area (Å²) in [6.45, 7) is 2.06. The lowest BCUT2D eigenvalue weighted by Crippen LogP contribution is -2.34. The fraction of sp³-hybridized carbons (Fsp3) is 0.286. The van der Waals surface area contributed by atoms with E-state index in [4.69, 9.17) is 14.9 Å². The van der Waals surface area contributed by atoms with Crippen molar-refractivity contribution in [1.29, 1.82) is 0 Å². The molecule has 0 aliphatic carbocycles. The monoisotopic (exact) mass is 260 g/mol. The number of nitrogens with two attached hydrogens (primary N) is 1. The van der Waals surface area contributed by atoms with Gasteiger partial charge in [0.25, 0.3) is 0 Å². The number of nitrogens with zero attached hydrogens (tertiary/aromatic N) is 1. The number of rotatable bonds is 5. The summed E-state index contributed by atoms with van der Waals surface area (Å²) in [5.74, 6) is 0.213. The Morgan fingerprint density at radius 2 is 2.16 bits per heavy atom. The smallest absolute Gasteiger partial charge is 0.323 e. The van der Waals surface area contributed by atoms with Crippen molar-refractivity contribution in [2.45, 2.75) is 19.4 Å². The highest BCUT2D eigenvalue weighted by atomic mass is 16.5. The van der Waals surface area contributed by atoms with Crippen LogP contribution in [0.2, 0.25) is 0 Å². The highest BCUT2D eigenvalue weighted by molar-refractivity contribution is 5.76. The zero-order valence-corrected chi connectivity index (χ0v) is 10.7. The highest BCUT2D eigenvalue weighted by Crippen LogP contribution is 2.23. The summed E-state index contributed by atoms with van der Waals surface area (Å²) in [5, 5.41) is 0. The van der Waals surface area contributed by atoms with Crippen LogP contribution in [-0.2, 0) is 16.0 Å². The normalized spacial score (nSPS) is 12.1. The van der Waals surface area contributed by atoms with E-state index in [1.54, 1.807) is 6.92 Å². The average Bonchev–Trinajstić information content (AvgIpc) is 2.88. The molecule has 0 amide bonds. The van der Waals surface area contributed by atoms with Crippen molar-refractivity contribution >= 4 is 5.97 Å². The first-order chi connectivity index (χ1) is 9.22. The molecule has 0 fully saturated rings. The van der Waals surface area contributed by atoms with Crippen molar-refractivity contribution in [2.75, 3.05) is 6.61 Å². The lowest BCUT2D eigenvalue weighted by molar-refractivity contribution is -0.144. The van der Waals surface area contributed by atoms with Crippen LogP contribution >= 0.6 is 0 Å². The number of esters is 1. The second-order valence-corrected chi connectivity index (χ2v) is 4.06. The van der Waals surface area contributed by atoms with Crippen molar-refractivity contribution in [3.8, 4) is 11.3 Å². The molecular formula is C14H16N2O3. The van der Waals surface area contributed by atoms with E-state index < -0.39 is 12.0 Å². The summed E-state index contributed by atoms with van der Waals surface area (Å²) >= 11 is 0. The Kier molecular flexibility index (Phi) is 4.30. The minimum Gasteiger partial charge on any atom is -0.465 e. The molecule has 100 valence electrons. The van der Waals surface area contributed by atoms with Gasteiger partial charge in [0.1, 0.15) is 6.04 Å². The van der Waals surface area contributed by atoms with Crippen molar-refractivity contribution < 1.29 is 13.9 Å². The third-order valence-electron chi connectivity index (χ3n) is 2.68. The molecule has 0 saturated heterocycles. The van der Waals surface area contributed by atoms with Gasteiger partial charge in [0.05, 0.1) is 12.3 Å². The molecule has 0 bridgehead atoms. The first kappa shape index (κ1) is 13.3. The van der Waals surface area contributed by atoms with Crippen molar-refractivity contribution in [1.82, 2.24) is 4.98 Å². The first-order valence-electron chi connectivity index (χ1n) is 6.12. The number of ether oxygens (including phenoxy) is 1. The third kappa shape index (κ3) is 3.20. The van der Waals surface area contributed by atoms with Gasteiger partial charge in [-0.25, -0.2) is 4.98 Å². The molecule has 1 aromatic carbocycles. The van der Waals surface area contributed by atoms with Crippen LogP contribution in [0.1, 0.15) is 12.6 Å². The number of hydrogen-bond donors (Lipinski definition) is 1. The summed E-state index contributed by atoms with van der Waals surface area (Å²) in [6, 6.07) is 8.84. The summed E-state index contributed by atoms with van der Waals surface area (Å²) in [5.41, 5.74) is 7.35. The standard InChI is InChI=1S/C14H16N2O3/c1-2-18-14(17)11(15)8-12-13(19-9-16-12)10-6-4-3-5-7-10/h3-7,9,11H,2,8,15H2,1H3. The average molecular weight is 260 g/mol. The van der Waals surface area contributed by atoms with E-state index in [9.17, 15) is 4.79 Å². The predicted molar refractivity (Wildman–Crippen MR) is 70.3 cm³/mol. The van der Waals surface area contributed by atoms with E-state index in [1.165, 1.54) is 6.39 Å². The molecule has 0 aliphatic heterocycles. The van der Waals surface area contributed by atoms with Gasteiger partial charge in [-0.1, -0.05) is 30.3 Å². The van der Waals surface area contributed by atoms with Crippen molar-refractivity contribution in [3.63, 3.8) is 0 Å². The second kappa shape index (κ2) is 6.15. The first-order valence-corrected chi connectivity index (χ1v) is 6.12. The summed E-state index contributed by atoms with van der Waals surface area (Å²) in [6.07, 6.45) is 1.65. The molecule has 0 aliphatic rings. The van der Waals surface area contributed by atoms with Gasteiger partial charge < -0.3 is 14.9 Å². The summed E-state index contributed by atoms with van der Waals surface area (Å²) in [4.78, 5) is 15.6. The molecule has 1 unspecified atom stereocenters. The van der Waals surface area contributed by atoms with Crippen LogP contribution in [0.15, 0.2) is 41.1 Å². The number of carbonyl (C=O) groups excluding carboxylic acids is 1. The number of oxazole rings is 1. The molecule has 5 nitrogen and oxygen atoms in total. The molecule has 19 heavy (non-hydrogen) atoms. The zero-order chi connectivity index (χ0) is 13.7. The molecule has 0 saturated carbocycles. The summed E-state index contributed by atoms with van der Waals surface area (Å²) < 4.78 is 10.2. The Morgan fingerprint density at radius 3 is 2.84 bits per heavy atom. The van der Waals surface area contributed by atoms with Crippen LogP contribution < -0.4 is 5.73 Å². The van der Waals surface area contributed by atoms with Gasteiger partial charge in [0.2, 0.25) is 0 Å². The Bertz CT molecular complexity index is 537. The quantitative estimate of drug-likeness (QED) is 0.829. The van der Waals surface area contributed by atoms with E-state index in [1.807, 2.05) is 30.3 Å². The van der Waals surface area contributed by atoms with E-state index in [-0.39, 0.29) is 0 Å².